The molecule has 29 heavy (non-hydrogen) atoms. The molecule has 1 saturated heterocycles. The van der Waals surface area contributed by atoms with E-state index in [0.717, 1.165) is 12.1 Å². The van der Waals surface area contributed by atoms with Crippen molar-refractivity contribution < 1.29 is 27.4 Å². The van der Waals surface area contributed by atoms with E-state index in [4.69, 9.17) is 14.2 Å². The normalized spacial score (nSPS) is 22.4. The number of cyclic esters (lactones) is 1. The van der Waals surface area contributed by atoms with Crippen molar-refractivity contribution in [3.8, 4) is 0 Å². The highest BCUT2D eigenvalue weighted by molar-refractivity contribution is 7.93. The number of nitrogens with zero attached hydrogens (tertiary/aromatic N) is 2. The zero-order valence-corrected chi connectivity index (χ0v) is 17.3. The van der Waals surface area contributed by atoms with E-state index in [1.165, 1.54) is 27.6 Å². The number of ether oxygens (including phenoxy) is 3. The molecule has 0 aromatic heterocycles. The number of carbonyl (C=O) groups excluding carboxylic acids is 1. The fourth-order valence-corrected chi connectivity index (χ4v) is 4.57. The first-order chi connectivity index (χ1) is 14.0. The molecule has 0 bridgehead atoms. The van der Waals surface area contributed by atoms with Gasteiger partial charge in [-0.3, -0.25) is 4.90 Å². The van der Waals surface area contributed by atoms with Gasteiger partial charge in [0, 0.05) is 25.0 Å². The fraction of sp³-hybridized carbons (Fsp3) is 0.450. The van der Waals surface area contributed by atoms with Gasteiger partial charge in [0.2, 0.25) is 10.0 Å². The number of morpholine rings is 1. The summed E-state index contributed by atoms with van der Waals surface area (Å²) >= 11 is 0. The van der Waals surface area contributed by atoms with E-state index in [9.17, 15) is 13.2 Å². The first-order valence-corrected chi connectivity index (χ1v) is 11.0. The monoisotopic (exact) mass is 422 g/mol. The van der Waals surface area contributed by atoms with Gasteiger partial charge >= 0.3 is 6.09 Å². The zero-order chi connectivity index (χ0) is 20.7. The molecule has 0 N–H and O–H groups in total. The minimum Gasteiger partial charge on any atom is -0.495 e. The van der Waals surface area contributed by atoms with Crippen molar-refractivity contribution in [1.82, 2.24) is 9.21 Å². The van der Waals surface area contributed by atoms with Crippen LogP contribution in [0.15, 0.2) is 59.0 Å². The number of carbonyl (C=O) groups is 1. The summed E-state index contributed by atoms with van der Waals surface area (Å²) in [6, 6.07) is 0. The van der Waals surface area contributed by atoms with Gasteiger partial charge in [-0.15, -0.1) is 0 Å². The van der Waals surface area contributed by atoms with Gasteiger partial charge in [0.25, 0.3) is 0 Å². The lowest BCUT2D eigenvalue weighted by Crippen LogP contribution is -2.41. The summed E-state index contributed by atoms with van der Waals surface area (Å²) in [6.45, 7) is 3.20. The topological polar surface area (TPSA) is 85.4 Å². The molecule has 9 heteroatoms. The molecule has 1 amide bonds. The summed E-state index contributed by atoms with van der Waals surface area (Å²) in [5, 5.41) is 0. The highest BCUT2D eigenvalue weighted by Gasteiger charge is 2.27. The van der Waals surface area contributed by atoms with Crippen LogP contribution in [0.4, 0.5) is 4.79 Å². The van der Waals surface area contributed by atoms with Gasteiger partial charge in [-0.1, -0.05) is 12.2 Å². The molecular formula is C20H26N2O6S. The predicted octanol–water partition coefficient (Wildman–Crippen LogP) is 2.65. The highest BCUT2D eigenvalue weighted by atomic mass is 32.2. The number of sulfonamides is 1. The van der Waals surface area contributed by atoms with Crippen molar-refractivity contribution in [2.75, 3.05) is 39.5 Å². The Morgan fingerprint density at radius 1 is 1.00 bits per heavy atom. The third-order valence-electron chi connectivity index (χ3n) is 4.59. The molecule has 0 radical (unpaired) electrons. The summed E-state index contributed by atoms with van der Waals surface area (Å²) in [5.74, 6) is 0.426. The maximum absolute atomic E-state index is 13.1. The van der Waals surface area contributed by atoms with E-state index in [1.807, 2.05) is 18.2 Å². The Balaban J connectivity index is 1.94. The van der Waals surface area contributed by atoms with Crippen LogP contribution in [-0.4, -0.2) is 63.2 Å². The van der Waals surface area contributed by atoms with Gasteiger partial charge < -0.3 is 14.2 Å². The van der Waals surface area contributed by atoms with E-state index >= 15 is 0 Å². The van der Waals surface area contributed by atoms with E-state index in [2.05, 4.69) is 0 Å². The van der Waals surface area contributed by atoms with Crippen molar-refractivity contribution in [2.45, 2.75) is 19.8 Å². The SMILES string of the molecule is CC1=CC(S(=O)(=O)N2CCOCC2)=CC=CN(C2=CC=CCC2)C(=O)OCCO1. The smallest absolute Gasteiger partial charge is 0.418 e. The van der Waals surface area contributed by atoms with Crippen molar-refractivity contribution in [3.05, 3.63) is 59.0 Å². The second kappa shape index (κ2) is 9.91. The van der Waals surface area contributed by atoms with Crippen molar-refractivity contribution >= 4 is 16.1 Å². The van der Waals surface area contributed by atoms with Gasteiger partial charge in [-0.2, -0.15) is 4.31 Å². The summed E-state index contributed by atoms with van der Waals surface area (Å²) in [4.78, 5) is 14.0. The molecule has 1 aliphatic carbocycles. The number of hydrogen-bond donors (Lipinski definition) is 0. The van der Waals surface area contributed by atoms with Gasteiger partial charge in [0.1, 0.15) is 13.2 Å². The van der Waals surface area contributed by atoms with Crippen molar-refractivity contribution in [3.63, 3.8) is 0 Å². The number of amides is 1. The molecule has 3 aliphatic rings. The van der Waals surface area contributed by atoms with E-state index in [1.54, 1.807) is 13.0 Å². The Morgan fingerprint density at radius 2 is 1.76 bits per heavy atom. The molecule has 2 aliphatic heterocycles. The molecule has 2 heterocycles. The summed E-state index contributed by atoms with van der Waals surface area (Å²) < 4.78 is 43.6. The summed E-state index contributed by atoms with van der Waals surface area (Å²) in [7, 11) is -3.72. The average Bonchev–Trinajstić information content (AvgIpc) is 2.73. The lowest BCUT2D eigenvalue weighted by molar-refractivity contribution is 0.0734. The maximum Gasteiger partial charge on any atom is 0.418 e. The van der Waals surface area contributed by atoms with Crippen LogP contribution in [0.25, 0.3) is 0 Å². The van der Waals surface area contributed by atoms with Crippen LogP contribution in [0.1, 0.15) is 19.8 Å². The van der Waals surface area contributed by atoms with E-state index < -0.39 is 16.1 Å². The van der Waals surface area contributed by atoms with Crippen LogP contribution >= 0.6 is 0 Å². The first-order valence-electron chi connectivity index (χ1n) is 9.57. The molecule has 0 aromatic carbocycles. The minimum atomic E-state index is -3.72. The Kier molecular flexibility index (Phi) is 7.29. The Labute approximate surface area is 171 Å². The quantitative estimate of drug-likeness (QED) is 0.695. The van der Waals surface area contributed by atoms with Crippen LogP contribution in [0.2, 0.25) is 0 Å². The van der Waals surface area contributed by atoms with Gasteiger partial charge in [0.15, 0.2) is 0 Å². The maximum atomic E-state index is 13.1. The van der Waals surface area contributed by atoms with Crippen LogP contribution in [-0.2, 0) is 24.2 Å². The van der Waals surface area contributed by atoms with Gasteiger partial charge in [-0.25, -0.2) is 13.2 Å². The van der Waals surface area contributed by atoms with Crippen LogP contribution in [0.3, 0.4) is 0 Å². The number of hydrogen-bond acceptors (Lipinski definition) is 6. The Morgan fingerprint density at radius 3 is 2.48 bits per heavy atom. The van der Waals surface area contributed by atoms with Gasteiger partial charge in [0.05, 0.1) is 23.9 Å². The molecule has 158 valence electrons. The van der Waals surface area contributed by atoms with Crippen LogP contribution in [0, 0.1) is 0 Å². The molecule has 0 unspecified atom stereocenters. The van der Waals surface area contributed by atoms with Crippen LogP contribution < -0.4 is 0 Å². The van der Waals surface area contributed by atoms with Gasteiger partial charge in [-0.05, 0) is 44.1 Å². The Hall–Kier alpha value is -2.36. The fourth-order valence-electron chi connectivity index (χ4n) is 3.08. The van der Waals surface area contributed by atoms with Crippen molar-refractivity contribution in [1.29, 1.82) is 0 Å². The lowest BCUT2D eigenvalue weighted by atomic mass is 10.1. The summed E-state index contributed by atoms with van der Waals surface area (Å²) in [5.41, 5.74) is 0.782. The Bertz CT molecular complexity index is 863. The second-order valence-corrected chi connectivity index (χ2v) is 8.58. The molecule has 0 spiro atoms. The third-order valence-corrected chi connectivity index (χ3v) is 6.48. The largest absolute Gasteiger partial charge is 0.495 e. The van der Waals surface area contributed by atoms with Crippen LogP contribution in [0.5, 0.6) is 0 Å². The predicted molar refractivity (Wildman–Crippen MR) is 108 cm³/mol. The molecule has 3 rings (SSSR count). The lowest BCUT2D eigenvalue weighted by Gasteiger charge is -2.26. The standard InChI is InChI=1S/C20H26N2O6S/c1-17-16-19(29(24,25)21-10-12-26-13-11-21)8-5-9-22(18-6-3-2-4-7-18)20(23)28-15-14-27-17/h2-3,5-6,8-9,16H,4,7,10-15H2,1H3. The molecule has 1 fully saturated rings. The minimum absolute atomic E-state index is 0.0622. The molecule has 0 saturated carbocycles. The first kappa shape index (κ1) is 21.4. The van der Waals surface area contributed by atoms with Crippen molar-refractivity contribution in [2.24, 2.45) is 0 Å². The third kappa shape index (κ3) is 5.59. The highest BCUT2D eigenvalue weighted by Crippen LogP contribution is 2.21. The molecule has 8 nitrogen and oxygen atoms in total. The zero-order valence-electron chi connectivity index (χ0n) is 16.5. The number of allylic oxidation sites excluding steroid dienone is 8. The number of rotatable bonds is 3. The molecule has 0 aromatic rings. The van der Waals surface area contributed by atoms with E-state index in [-0.39, 0.29) is 18.1 Å². The summed E-state index contributed by atoms with van der Waals surface area (Å²) in [6.07, 6.45) is 12.8. The second-order valence-electron chi connectivity index (χ2n) is 6.64. The van der Waals surface area contributed by atoms with E-state index in [0.29, 0.717) is 38.5 Å². The average molecular weight is 423 g/mol. The molecule has 0 atom stereocenters. The molecular weight excluding hydrogens is 396 g/mol.